The van der Waals surface area contributed by atoms with Gasteiger partial charge in [-0.3, -0.25) is 14.4 Å². The Hall–Kier alpha value is -2.37. The molecule has 1 saturated carbocycles. The van der Waals surface area contributed by atoms with Gasteiger partial charge in [-0.15, -0.1) is 0 Å². The van der Waals surface area contributed by atoms with Crippen LogP contribution in [-0.4, -0.2) is 48.9 Å². The van der Waals surface area contributed by atoms with Crippen molar-refractivity contribution in [1.29, 1.82) is 0 Å². The van der Waals surface area contributed by atoms with Crippen LogP contribution in [0.4, 0.5) is 0 Å². The van der Waals surface area contributed by atoms with Gasteiger partial charge in [0.15, 0.2) is 6.61 Å². The fourth-order valence-electron chi connectivity index (χ4n) is 3.20. The van der Waals surface area contributed by atoms with E-state index in [0.29, 0.717) is 11.5 Å². The molecule has 0 unspecified atom stereocenters. The lowest BCUT2D eigenvalue weighted by atomic mass is 9.87. The minimum Gasteiger partial charge on any atom is -0.454 e. The van der Waals surface area contributed by atoms with Crippen LogP contribution in [0.15, 0.2) is 24.3 Å². The van der Waals surface area contributed by atoms with Crippen LogP contribution in [0.3, 0.4) is 0 Å². The highest BCUT2D eigenvalue weighted by Gasteiger charge is 2.25. The third-order valence-corrected chi connectivity index (χ3v) is 5.07. The molecule has 0 saturated heterocycles. The minimum atomic E-state index is -0.619. The zero-order valence-electron chi connectivity index (χ0n) is 15.8. The molecule has 0 aliphatic heterocycles. The smallest absolute Gasteiger partial charge is 0.325 e. The van der Waals surface area contributed by atoms with Crippen LogP contribution in [0.25, 0.3) is 0 Å². The summed E-state index contributed by atoms with van der Waals surface area (Å²) in [6.07, 6.45) is 4.22. The maximum absolute atomic E-state index is 12.2. The fourth-order valence-corrected chi connectivity index (χ4v) is 3.20. The van der Waals surface area contributed by atoms with E-state index in [2.05, 4.69) is 12.2 Å². The van der Waals surface area contributed by atoms with Crippen molar-refractivity contribution in [2.24, 2.45) is 5.92 Å². The highest BCUT2D eigenvalue weighted by Crippen LogP contribution is 2.26. The van der Waals surface area contributed by atoms with Crippen molar-refractivity contribution in [3.8, 4) is 0 Å². The Kier molecular flexibility index (Phi) is 7.18. The molecule has 6 heteroatoms. The van der Waals surface area contributed by atoms with Crippen molar-refractivity contribution in [2.45, 2.75) is 45.6 Å². The van der Waals surface area contributed by atoms with E-state index in [0.717, 1.165) is 31.2 Å². The lowest BCUT2D eigenvalue weighted by molar-refractivity contribution is -0.151. The van der Waals surface area contributed by atoms with E-state index in [1.807, 2.05) is 19.1 Å². The Balaban J connectivity index is 1.72. The van der Waals surface area contributed by atoms with E-state index in [9.17, 15) is 14.4 Å². The molecule has 2 rings (SSSR count). The summed E-state index contributed by atoms with van der Waals surface area (Å²) >= 11 is 0. The number of likely N-dealkylation sites (N-methyl/N-ethyl adjacent to an activating group) is 1. The van der Waals surface area contributed by atoms with Crippen molar-refractivity contribution in [2.75, 3.05) is 20.2 Å². The first-order valence-electron chi connectivity index (χ1n) is 9.13. The highest BCUT2D eigenvalue weighted by molar-refractivity contribution is 5.97. The molecule has 1 aliphatic carbocycles. The van der Waals surface area contributed by atoms with Crippen molar-refractivity contribution in [3.63, 3.8) is 0 Å². The number of aryl methyl sites for hydroxylation is 1. The van der Waals surface area contributed by atoms with Gasteiger partial charge in [-0.25, -0.2) is 0 Å². The van der Waals surface area contributed by atoms with Gasteiger partial charge < -0.3 is 15.0 Å². The van der Waals surface area contributed by atoms with Crippen molar-refractivity contribution < 1.29 is 19.1 Å². The molecule has 0 spiro atoms. The Bertz CT molecular complexity index is 651. The van der Waals surface area contributed by atoms with E-state index in [-0.39, 0.29) is 31.0 Å². The number of esters is 1. The standard InChI is InChI=1S/C20H28N2O4/c1-14-8-10-16(11-9-14)22(3)18(23)13-26-19(24)12-21-20(25)17-7-5-4-6-15(17)2/h4-7,14,16H,8-13H2,1-3H3,(H,21,25). The summed E-state index contributed by atoms with van der Waals surface area (Å²) in [5.41, 5.74) is 1.35. The van der Waals surface area contributed by atoms with Gasteiger partial charge in [0, 0.05) is 18.7 Å². The fraction of sp³-hybridized carbons (Fsp3) is 0.550. The third-order valence-electron chi connectivity index (χ3n) is 5.07. The molecule has 0 aromatic heterocycles. The van der Waals surface area contributed by atoms with E-state index in [1.54, 1.807) is 24.1 Å². The summed E-state index contributed by atoms with van der Waals surface area (Å²) in [5, 5.41) is 2.52. The van der Waals surface area contributed by atoms with Crippen LogP contribution in [0.1, 0.15) is 48.5 Å². The highest BCUT2D eigenvalue weighted by atomic mass is 16.5. The van der Waals surface area contributed by atoms with Gasteiger partial charge in [0.05, 0.1) is 0 Å². The second-order valence-corrected chi connectivity index (χ2v) is 7.08. The zero-order valence-corrected chi connectivity index (χ0v) is 15.8. The number of ether oxygens (including phenoxy) is 1. The molecule has 0 radical (unpaired) electrons. The average Bonchev–Trinajstić information content (AvgIpc) is 2.64. The van der Waals surface area contributed by atoms with Crippen LogP contribution in [0, 0.1) is 12.8 Å². The predicted octanol–water partition coefficient (Wildman–Crippen LogP) is 2.31. The van der Waals surface area contributed by atoms with Crippen molar-refractivity contribution in [3.05, 3.63) is 35.4 Å². The van der Waals surface area contributed by atoms with E-state index < -0.39 is 5.97 Å². The van der Waals surface area contributed by atoms with Gasteiger partial charge in [-0.2, -0.15) is 0 Å². The van der Waals surface area contributed by atoms with E-state index >= 15 is 0 Å². The Morgan fingerprint density at radius 3 is 2.46 bits per heavy atom. The second-order valence-electron chi connectivity index (χ2n) is 7.08. The molecule has 6 nitrogen and oxygen atoms in total. The number of hydrogen-bond donors (Lipinski definition) is 1. The molecule has 1 fully saturated rings. The predicted molar refractivity (Wildman–Crippen MR) is 98.7 cm³/mol. The Labute approximate surface area is 154 Å². The van der Waals surface area contributed by atoms with Gasteiger partial charge in [-0.1, -0.05) is 25.1 Å². The van der Waals surface area contributed by atoms with Crippen molar-refractivity contribution in [1.82, 2.24) is 10.2 Å². The molecule has 1 aromatic rings. The Morgan fingerprint density at radius 1 is 1.15 bits per heavy atom. The first kappa shape index (κ1) is 19.9. The van der Waals surface area contributed by atoms with Gasteiger partial charge in [0.1, 0.15) is 6.54 Å². The molecule has 0 heterocycles. The van der Waals surface area contributed by atoms with Crippen molar-refractivity contribution >= 4 is 17.8 Å². The summed E-state index contributed by atoms with van der Waals surface area (Å²) in [7, 11) is 1.76. The summed E-state index contributed by atoms with van der Waals surface area (Å²) in [6, 6.07) is 7.35. The van der Waals surface area contributed by atoms with Crippen LogP contribution in [0.2, 0.25) is 0 Å². The minimum absolute atomic E-state index is 0.205. The number of nitrogens with one attached hydrogen (secondary N) is 1. The summed E-state index contributed by atoms with van der Waals surface area (Å²) in [6.45, 7) is 3.51. The average molecular weight is 360 g/mol. The lowest BCUT2D eigenvalue weighted by Crippen LogP contribution is -2.42. The van der Waals surface area contributed by atoms with Gasteiger partial charge >= 0.3 is 5.97 Å². The number of amides is 2. The lowest BCUT2D eigenvalue weighted by Gasteiger charge is -2.33. The van der Waals surface area contributed by atoms with Crippen LogP contribution >= 0.6 is 0 Å². The largest absolute Gasteiger partial charge is 0.454 e. The molecular formula is C20H28N2O4. The SMILES string of the molecule is Cc1ccccc1C(=O)NCC(=O)OCC(=O)N(C)C1CCC(C)CC1. The molecule has 2 amide bonds. The van der Waals surface area contributed by atoms with E-state index in [4.69, 9.17) is 4.74 Å². The zero-order chi connectivity index (χ0) is 19.1. The van der Waals surface area contributed by atoms with Gasteiger partial charge in [0.2, 0.25) is 0 Å². The number of rotatable bonds is 6. The molecule has 26 heavy (non-hydrogen) atoms. The van der Waals surface area contributed by atoms with Gasteiger partial charge in [0.25, 0.3) is 11.8 Å². The maximum atomic E-state index is 12.2. The molecule has 1 aromatic carbocycles. The molecule has 1 aliphatic rings. The first-order valence-corrected chi connectivity index (χ1v) is 9.13. The summed E-state index contributed by atoms with van der Waals surface area (Å²) < 4.78 is 5.01. The summed E-state index contributed by atoms with van der Waals surface area (Å²) in [4.78, 5) is 37.7. The second kappa shape index (κ2) is 9.36. The monoisotopic (exact) mass is 360 g/mol. The first-order chi connectivity index (χ1) is 12.4. The molecular weight excluding hydrogens is 332 g/mol. The summed E-state index contributed by atoms with van der Waals surface area (Å²) in [5.74, 6) is -0.446. The number of carbonyl (C=O) groups excluding carboxylic acids is 3. The van der Waals surface area contributed by atoms with Gasteiger partial charge in [-0.05, 0) is 50.2 Å². The van der Waals surface area contributed by atoms with Crippen LogP contribution < -0.4 is 5.32 Å². The number of hydrogen-bond acceptors (Lipinski definition) is 4. The number of carbonyl (C=O) groups is 3. The van der Waals surface area contributed by atoms with E-state index in [1.165, 1.54) is 0 Å². The number of nitrogens with zero attached hydrogens (tertiary/aromatic N) is 1. The topological polar surface area (TPSA) is 75.7 Å². The quantitative estimate of drug-likeness (QED) is 0.790. The van der Waals surface area contributed by atoms with Crippen LogP contribution in [-0.2, 0) is 14.3 Å². The van der Waals surface area contributed by atoms with Crippen LogP contribution in [0.5, 0.6) is 0 Å². The Morgan fingerprint density at radius 2 is 1.81 bits per heavy atom. The normalized spacial score (nSPS) is 19.5. The maximum Gasteiger partial charge on any atom is 0.325 e. The molecule has 0 atom stereocenters. The number of benzene rings is 1. The molecule has 142 valence electrons. The third kappa shape index (κ3) is 5.58. The molecule has 0 bridgehead atoms. The molecule has 1 N–H and O–H groups in total.